The Morgan fingerprint density at radius 3 is 2.69 bits per heavy atom. The molecule has 0 amide bonds. The molecule has 94 valence electrons. The standard InChI is InChI=1S/C13H26N2S/c1-11-2-3-12(10-11)15-8-9-16-13-4-6-14-7-5-13/h11-15H,2-10H2,1H3. The van der Waals surface area contributed by atoms with Crippen molar-refractivity contribution < 1.29 is 0 Å². The minimum atomic E-state index is 0.823. The Morgan fingerprint density at radius 1 is 1.19 bits per heavy atom. The summed E-state index contributed by atoms with van der Waals surface area (Å²) in [6.07, 6.45) is 6.96. The first-order valence-corrected chi connectivity index (χ1v) is 7.95. The van der Waals surface area contributed by atoms with E-state index in [2.05, 4.69) is 29.3 Å². The molecule has 2 aliphatic rings. The van der Waals surface area contributed by atoms with Crippen molar-refractivity contribution >= 4 is 11.8 Å². The molecular weight excluding hydrogens is 216 g/mol. The smallest absolute Gasteiger partial charge is 0.00716 e. The summed E-state index contributed by atoms with van der Waals surface area (Å²) in [6, 6.07) is 0.823. The Morgan fingerprint density at radius 2 is 2.00 bits per heavy atom. The zero-order chi connectivity index (χ0) is 11.2. The fourth-order valence-electron chi connectivity index (χ4n) is 2.84. The summed E-state index contributed by atoms with van der Waals surface area (Å²) in [7, 11) is 0. The molecule has 2 fully saturated rings. The predicted molar refractivity (Wildman–Crippen MR) is 73.2 cm³/mol. The van der Waals surface area contributed by atoms with Gasteiger partial charge >= 0.3 is 0 Å². The highest BCUT2D eigenvalue weighted by Gasteiger charge is 2.20. The molecule has 3 heteroatoms. The maximum absolute atomic E-state index is 3.72. The lowest BCUT2D eigenvalue weighted by Crippen LogP contribution is -2.31. The van der Waals surface area contributed by atoms with Gasteiger partial charge in [0.25, 0.3) is 0 Å². The molecule has 1 aliphatic carbocycles. The van der Waals surface area contributed by atoms with E-state index in [-0.39, 0.29) is 0 Å². The van der Waals surface area contributed by atoms with Crippen molar-refractivity contribution in [1.29, 1.82) is 0 Å². The van der Waals surface area contributed by atoms with Crippen LogP contribution in [0.5, 0.6) is 0 Å². The second kappa shape index (κ2) is 6.87. The average molecular weight is 242 g/mol. The van der Waals surface area contributed by atoms with E-state index >= 15 is 0 Å². The van der Waals surface area contributed by atoms with E-state index < -0.39 is 0 Å². The summed E-state index contributed by atoms with van der Waals surface area (Å²) in [6.45, 7) is 6.05. The predicted octanol–water partition coefficient (Wildman–Crippen LogP) is 2.25. The number of rotatable bonds is 5. The summed E-state index contributed by atoms with van der Waals surface area (Å²) in [5.41, 5.74) is 0. The van der Waals surface area contributed by atoms with Crippen molar-refractivity contribution in [2.24, 2.45) is 5.92 Å². The molecule has 0 bridgehead atoms. The van der Waals surface area contributed by atoms with Crippen molar-refractivity contribution in [2.75, 3.05) is 25.4 Å². The molecule has 16 heavy (non-hydrogen) atoms. The molecule has 2 nitrogen and oxygen atoms in total. The average Bonchev–Trinajstić information content (AvgIpc) is 2.72. The first-order valence-electron chi connectivity index (χ1n) is 6.90. The molecule has 2 N–H and O–H groups in total. The lowest BCUT2D eigenvalue weighted by molar-refractivity contribution is 0.515. The van der Waals surface area contributed by atoms with Crippen LogP contribution in [0.2, 0.25) is 0 Å². The maximum atomic E-state index is 3.72. The lowest BCUT2D eigenvalue weighted by atomic mass is 10.1. The third-order valence-corrected chi connectivity index (χ3v) is 5.25. The van der Waals surface area contributed by atoms with Crippen molar-refractivity contribution in [3.63, 3.8) is 0 Å². The molecule has 1 heterocycles. The van der Waals surface area contributed by atoms with Crippen LogP contribution in [0, 0.1) is 5.92 Å². The van der Waals surface area contributed by atoms with Crippen LogP contribution >= 0.6 is 11.8 Å². The van der Waals surface area contributed by atoms with Gasteiger partial charge in [0, 0.05) is 23.6 Å². The highest BCUT2D eigenvalue weighted by molar-refractivity contribution is 7.99. The van der Waals surface area contributed by atoms with Gasteiger partial charge in [-0.25, -0.2) is 0 Å². The van der Waals surface area contributed by atoms with E-state index in [1.807, 2.05) is 0 Å². The van der Waals surface area contributed by atoms with Crippen LogP contribution in [0.3, 0.4) is 0 Å². The van der Waals surface area contributed by atoms with Crippen LogP contribution in [0.1, 0.15) is 39.0 Å². The van der Waals surface area contributed by atoms with Gasteiger partial charge in [0.15, 0.2) is 0 Å². The van der Waals surface area contributed by atoms with E-state index in [1.54, 1.807) is 0 Å². The Labute approximate surface area is 104 Å². The second-order valence-electron chi connectivity index (χ2n) is 5.39. The zero-order valence-electron chi connectivity index (χ0n) is 10.5. The minimum Gasteiger partial charge on any atom is -0.317 e. The molecule has 1 saturated heterocycles. The molecule has 1 saturated carbocycles. The third-order valence-electron chi connectivity index (χ3n) is 3.87. The van der Waals surface area contributed by atoms with E-state index in [0.717, 1.165) is 17.2 Å². The number of nitrogens with one attached hydrogen (secondary N) is 2. The Kier molecular flexibility index (Phi) is 5.46. The Balaban J connectivity index is 1.48. The topological polar surface area (TPSA) is 24.1 Å². The van der Waals surface area contributed by atoms with E-state index in [0.29, 0.717) is 0 Å². The quantitative estimate of drug-likeness (QED) is 0.723. The van der Waals surface area contributed by atoms with Gasteiger partial charge in [-0.15, -0.1) is 0 Å². The molecule has 2 atom stereocenters. The highest BCUT2D eigenvalue weighted by atomic mass is 32.2. The van der Waals surface area contributed by atoms with Crippen molar-refractivity contribution in [3.8, 4) is 0 Å². The monoisotopic (exact) mass is 242 g/mol. The Hall–Kier alpha value is 0.270. The molecule has 0 aromatic heterocycles. The number of piperidine rings is 1. The first-order chi connectivity index (χ1) is 7.84. The number of thioether (sulfide) groups is 1. The molecular formula is C13H26N2S. The molecule has 2 rings (SSSR count). The van der Waals surface area contributed by atoms with Crippen LogP contribution in [0.4, 0.5) is 0 Å². The number of hydrogen-bond donors (Lipinski definition) is 2. The molecule has 1 aliphatic heterocycles. The summed E-state index contributed by atoms with van der Waals surface area (Å²) >= 11 is 2.18. The highest BCUT2D eigenvalue weighted by Crippen LogP contribution is 2.25. The fourth-order valence-corrected chi connectivity index (χ4v) is 3.98. The van der Waals surface area contributed by atoms with E-state index in [9.17, 15) is 0 Å². The number of hydrogen-bond acceptors (Lipinski definition) is 3. The lowest BCUT2D eigenvalue weighted by Gasteiger charge is -2.22. The fraction of sp³-hybridized carbons (Fsp3) is 1.00. The normalized spacial score (nSPS) is 32.1. The largest absolute Gasteiger partial charge is 0.317 e. The van der Waals surface area contributed by atoms with Gasteiger partial charge in [-0.05, 0) is 51.1 Å². The molecule has 0 aromatic rings. The summed E-state index contributed by atoms with van der Waals surface area (Å²) < 4.78 is 0. The SMILES string of the molecule is CC1CCC(NCCSC2CCNCC2)C1. The molecule has 0 aromatic carbocycles. The van der Waals surface area contributed by atoms with Crippen LogP contribution < -0.4 is 10.6 Å². The zero-order valence-corrected chi connectivity index (χ0v) is 11.3. The molecule has 2 unspecified atom stereocenters. The van der Waals surface area contributed by atoms with E-state index in [1.165, 1.54) is 57.5 Å². The van der Waals surface area contributed by atoms with Gasteiger partial charge < -0.3 is 10.6 Å². The summed E-state index contributed by atoms with van der Waals surface area (Å²) in [4.78, 5) is 0. The molecule has 0 spiro atoms. The second-order valence-corrected chi connectivity index (χ2v) is 6.80. The third kappa shape index (κ3) is 4.27. The van der Waals surface area contributed by atoms with Gasteiger partial charge in [-0.3, -0.25) is 0 Å². The van der Waals surface area contributed by atoms with Crippen molar-refractivity contribution in [3.05, 3.63) is 0 Å². The van der Waals surface area contributed by atoms with Gasteiger partial charge in [-0.2, -0.15) is 11.8 Å². The van der Waals surface area contributed by atoms with Gasteiger partial charge in [0.1, 0.15) is 0 Å². The van der Waals surface area contributed by atoms with Crippen LogP contribution in [0.15, 0.2) is 0 Å². The van der Waals surface area contributed by atoms with Crippen molar-refractivity contribution in [2.45, 2.75) is 50.3 Å². The molecule has 0 radical (unpaired) electrons. The summed E-state index contributed by atoms with van der Waals surface area (Å²) in [5, 5.41) is 8.06. The Bertz CT molecular complexity index is 186. The van der Waals surface area contributed by atoms with Crippen LogP contribution in [-0.4, -0.2) is 36.7 Å². The van der Waals surface area contributed by atoms with Crippen LogP contribution in [0.25, 0.3) is 0 Å². The van der Waals surface area contributed by atoms with Gasteiger partial charge in [0.05, 0.1) is 0 Å². The van der Waals surface area contributed by atoms with Crippen LogP contribution in [-0.2, 0) is 0 Å². The first kappa shape index (κ1) is 12.7. The van der Waals surface area contributed by atoms with E-state index in [4.69, 9.17) is 0 Å². The van der Waals surface area contributed by atoms with Crippen molar-refractivity contribution in [1.82, 2.24) is 10.6 Å². The van der Waals surface area contributed by atoms with Gasteiger partial charge in [-0.1, -0.05) is 6.92 Å². The minimum absolute atomic E-state index is 0.823. The maximum Gasteiger partial charge on any atom is 0.00716 e. The van der Waals surface area contributed by atoms with Gasteiger partial charge in [0.2, 0.25) is 0 Å². The summed E-state index contributed by atoms with van der Waals surface area (Å²) in [5.74, 6) is 2.25.